The van der Waals surface area contributed by atoms with Crippen molar-refractivity contribution in [2.24, 2.45) is 0 Å². The topological polar surface area (TPSA) is 127 Å². The lowest BCUT2D eigenvalue weighted by Gasteiger charge is -2.27. The van der Waals surface area contributed by atoms with E-state index in [0.29, 0.717) is 24.6 Å². The highest BCUT2D eigenvalue weighted by Gasteiger charge is 2.35. The van der Waals surface area contributed by atoms with E-state index >= 15 is 0 Å². The van der Waals surface area contributed by atoms with Gasteiger partial charge in [-0.25, -0.2) is 19.6 Å². The maximum Gasteiger partial charge on any atom is 0.410 e. The minimum absolute atomic E-state index is 0.0343. The smallest absolute Gasteiger partial charge is 0.410 e. The van der Waals surface area contributed by atoms with Crippen molar-refractivity contribution in [3.63, 3.8) is 0 Å². The Balaban J connectivity index is 1.29. The molecule has 258 valence electrons. The number of hydrogen-bond donors (Lipinski definition) is 3. The number of ether oxygens (including phenoxy) is 1. The molecule has 2 atom stereocenters. The maximum absolute atomic E-state index is 13.0. The van der Waals surface area contributed by atoms with E-state index in [1.807, 2.05) is 39.1 Å². The molecule has 2 unspecified atom stereocenters. The standard InChI is InChI=1S/C40H44N6O4/c1-39(2,3)29-14-9-13-27(22-29)31-23-28(32-25-42-36(44-32)34-17-11-21-46(34)38(49)50-40(4,5)6)19-18-26(31)12-7-8-15-30-24-41-35(43-30)33-16-10-20-45(33)37(47)48/h9,13-14,18-19,22-25,33-34H,10-11,16-17,20-21H2,1-6H3,(H,41,43)(H,42,44)(H,47,48). The summed E-state index contributed by atoms with van der Waals surface area (Å²) in [4.78, 5) is 43.5. The lowest BCUT2D eigenvalue weighted by atomic mass is 9.85. The SMILES string of the molecule is CC(C)(C)OC(=O)N1CCCC1c1ncc(-c2ccc(C#CC#Cc3cnc(C4CCCN4C(=O)O)[nH]3)c(-c3cccc(C(C)(C)C)c3)c2)[nH]1. The summed E-state index contributed by atoms with van der Waals surface area (Å²) < 4.78 is 5.67. The molecular weight excluding hydrogens is 628 g/mol. The first-order chi connectivity index (χ1) is 23.8. The zero-order valence-electron chi connectivity index (χ0n) is 29.6. The Hall–Kier alpha value is -5.48. The van der Waals surface area contributed by atoms with Crippen molar-refractivity contribution in [2.45, 2.75) is 90.3 Å². The molecule has 10 heteroatoms. The van der Waals surface area contributed by atoms with Gasteiger partial charge in [-0.1, -0.05) is 57.0 Å². The molecule has 2 aromatic heterocycles. The molecule has 0 aliphatic carbocycles. The Bertz CT molecular complexity index is 2020. The van der Waals surface area contributed by atoms with Crippen LogP contribution in [0.25, 0.3) is 22.4 Å². The summed E-state index contributed by atoms with van der Waals surface area (Å²) >= 11 is 0. The third-order valence-electron chi connectivity index (χ3n) is 9.03. The number of imidazole rings is 2. The molecule has 4 aromatic rings. The number of likely N-dealkylation sites (tertiary alicyclic amines) is 2. The quantitative estimate of drug-likeness (QED) is 0.188. The van der Waals surface area contributed by atoms with Gasteiger partial charge in [0.15, 0.2) is 0 Å². The molecule has 0 spiro atoms. The number of aromatic nitrogens is 4. The number of nitrogens with zero attached hydrogens (tertiary/aromatic N) is 4. The van der Waals surface area contributed by atoms with Gasteiger partial charge in [0.1, 0.15) is 22.9 Å². The molecule has 2 aliphatic rings. The van der Waals surface area contributed by atoms with Gasteiger partial charge >= 0.3 is 12.2 Å². The van der Waals surface area contributed by atoms with Crippen LogP contribution in [0.3, 0.4) is 0 Å². The van der Waals surface area contributed by atoms with Crippen molar-refractivity contribution < 1.29 is 19.4 Å². The largest absolute Gasteiger partial charge is 0.465 e. The van der Waals surface area contributed by atoms with Crippen LogP contribution in [-0.4, -0.2) is 65.7 Å². The Morgan fingerprint density at radius 2 is 1.52 bits per heavy atom. The number of carbonyl (C=O) groups excluding carboxylic acids is 1. The van der Waals surface area contributed by atoms with Gasteiger partial charge in [-0.05, 0) is 98.5 Å². The number of nitrogens with one attached hydrogen (secondary N) is 2. The van der Waals surface area contributed by atoms with Crippen LogP contribution in [0.5, 0.6) is 0 Å². The van der Waals surface area contributed by atoms with Crippen LogP contribution in [0.2, 0.25) is 0 Å². The normalized spacial score (nSPS) is 17.6. The molecule has 3 N–H and O–H groups in total. The maximum atomic E-state index is 13.0. The molecule has 6 rings (SSSR count). The van der Waals surface area contributed by atoms with E-state index in [4.69, 9.17) is 9.72 Å². The summed E-state index contributed by atoms with van der Waals surface area (Å²) in [5.41, 5.74) is 5.83. The van der Waals surface area contributed by atoms with Crippen molar-refractivity contribution in [1.82, 2.24) is 29.7 Å². The van der Waals surface area contributed by atoms with Gasteiger partial charge in [-0.15, -0.1) is 0 Å². The van der Waals surface area contributed by atoms with Crippen molar-refractivity contribution in [3.05, 3.63) is 83.3 Å². The summed E-state index contributed by atoms with van der Waals surface area (Å²) in [5.74, 6) is 13.6. The van der Waals surface area contributed by atoms with Gasteiger partial charge < -0.3 is 19.8 Å². The lowest BCUT2D eigenvalue weighted by Crippen LogP contribution is -2.36. The number of carboxylic acid groups (broad SMARTS) is 1. The van der Waals surface area contributed by atoms with Crippen LogP contribution in [-0.2, 0) is 10.2 Å². The van der Waals surface area contributed by atoms with Crippen LogP contribution < -0.4 is 0 Å². The number of carbonyl (C=O) groups is 2. The monoisotopic (exact) mass is 672 g/mol. The minimum atomic E-state index is -0.941. The molecule has 2 aromatic carbocycles. The fourth-order valence-corrected chi connectivity index (χ4v) is 6.50. The number of benzene rings is 2. The third kappa shape index (κ3) is 7.71. The summed E-state index contributed by atoms with van der Waals surface area (Å²) in [6.45, 7) is 13.3. The molecule has 2 aliphatic heterocycles. The molecule has 0 bridgehead atoms. The van der Waals surface area contributed by atoms with Gasteiger partial charge in [0, 0.05) is 24.2 Å². The molecule has 2 fully saturated rings. The lowest BCUT2D eigenvalue weighted by molar-refractivity contribution is 0.0218. The Labute approximate surface area is 293 Å². The first-order valence-electron chi connectivity index (χ1n) is 17.1. The van der Waals surface area contributed by atoms with E-state index in [9.17, 15) is 14.7 Å². The van der Waals surface area contributed by atoms with Crippen LogP contribution in [0, 0.1) is 23.7 Å². The molecule has 4 heterocycles. The summed E-state index contributed by atoms with van der Waals surface area (Å²) in [7, 11) is 0. The second-order valence-corrected chi connectivity index (χ2v) is 14.9. The summed E-state index contributed by atoms with van der Waals surface area (Å²) in [6.07, 6.45) is 5.41. The van der Waals surface area contributed by atoms with E-state index in [1.165, 1.54) is 10.5 Å². The average Bonchev–Trinajstić information content (AvgIpc) is 3.88. The van der Waals surface area contributed by atoms with Gasteiger partial charge in [-0.2, -0.15) is 0 Å². The highest BCUT2D eigenvalue weighted by atomic mass is 16.6. The van der Waals surface area contributed by atoms with Gasteiger partial charge in [0.25, 0.3) is 0 Å². The zero-order chi connectivity index (χ0) is 35.6. The van der Waals surface area contributed by atoms with Crippen LogP contribution in [0.4, 0.5) is 9.59 Å². The van der Waals surface area contributed by atoms with Crippen molar-refractivity contribution >= 4 is 12.2 Å². The Morgan fingerprint density at radius 1 is 0.840 bits per heavy atom. The molecule has 2 saturated heterocycles. The second-order valence-electron chi connectivity index (χ2n) is 14.9. The summed E-state index contributed by atoms with van der Waals surface area (Å²) in [6, 6.07) is 14.2. The molecule has 2 amide bonds. The van der Waals surface area contributed by atoms with Crippen LogP contribution in [0.15, 0.2) is 54.9 Å². The zero-order valence-corrected chi connectivity index (χ0v) is 29.6. The van der Waals surface area contributed by atoms with Crippen molar-refractivity contribution in [3.8, 4) is 46.1 Å². The third-order valence-corrected chi connectivity index (χ3v) is 9.03. The van der Waals surface area contributed by atoms with E-state index in [0.717, 1.165) is 59.5 Å². The number of H-pyrrole nitrogens is 2. The number of hydrogen-bond acceptors (Lipinski definition) is 5. The van der Waals surface area contributed by atoms with E-state index < -0.39 is 11.7 Å². The average molecular weight is 673 g/mol. The van der Waals surface area contributed by atoms with E-state index in [-0.39, 0.29) is 23.6 Å². The molecule has 0 radical (unpaired) electrons. The number of aromatic amines is 2. The van der Waals surface area contributed by atoms with Crippen molar-refractivity contribution in [2.75, 3.05) is 13.1 Å². The Morgan fingerprint density at radius 3 is 2.24 bits per heavy atom. The fraction of sp³-hybridized carbons (Fsp3) is 0.400. The first kappa shape index (κ1) is 34.4. The highest BCUT2D eigenvalue weighted by molar-refractivity contribution is 5.78. The van der Waals surface area contributed by atoms with E-state index in [1.54, 1.807) is 11.1 Å². The predicted molar refractivity (Wildman–Crippen MR) is 192 cm³/mol. The minimum Gasteiger partial charge on any atom is -0.465 e. The fourth-order valence-electron chi connectivity index (χ4n) is 6.50. The van der Waals surface area contributed by atoms with E-state index in [2.05, 4.69) is 89.7 Å². The van der Waals surface area contributed by atoms with Crippen molar-refractivity contribution in [1.29, 1.82) is 0 Å². The predicted octanol–water partition coefficient (Wildman–Crippen LogP) is 8.05. The highest BCUT2D eigenvalue weighted by Crippen LogP contribution is 2.35. The first-order valence-corrected chi connectivity index (χ1v) is 17.1. The van der Waals surface area contributed by atoms with Gasteiger partial charge in [0.2, 0.25) is 0 Å². The van der Waals surface area contributed by atoms with Crippen LogP contribution in [0.1, 0.15) is 108 Å². The van der Waals surface area contributed by atoms with Gasteiger partial charge in [0.05, 0.1) is 30.2 Å². The molecule has 0 saturated carbocycles. The molecule has 50 heavy (non-hydrogen) atoms. The second kappa shape index (κ2) is 13.8. The molecular formula is C40H44N6O4. The summed E-state index contributed by atoms with van der Waals surface area (Å²) in [5, 5.41) is 9.50. The number of rotatable bonds is 4. The number of amides is 2. The molecule has 10 nitrogen and oxygen atoms in total. The van der Waals surface area contributed by atoms with Crippen LogP contribution >= 0.6 is 0 Å². The van der Waals surface area contributed by atoms with Gasteiger partial charge in [-0.3, -0.25) is 9.80 Å². The Kier molecular flexibility index (Phi) is 9.49.